The van der Waals surface area contributed by atoms with Crippen LogP contribution in [0.4, 0.5) is 11.4 Å². The van der Waals surface area contributed by atoms with Crippen molar-refractivity contribution in [3.63, 3.8) is 0 Å². The molecule has 106 valence electrons. The summed E-state index contributed by atoms with van der Waals surface area (Å²) in [4.78, 5) is 14.3. The van der Waals surface area contributed by atoms with E-state index in [1.165, 1.54) is 0 Å². The predicted molar refractivity (Wildman–Crippen MR) is 86.2 cm³/mol. The number of anilines is 2. The number of carbonyl (C=O) groups excluding carboxylic acids is 1. The lowest BCUT2D eigenvalue weighted by molar-refractivity contribution is -0.114. The Morgan fingerprint density at radius 1 is 1.05 bits per heavy atom. The molecule has 0 atom stereocenters. The van der Waals surface area contributed by atoms with E-state index in [2.05, 4.69) is 17.4 Å². The molecule has 0 unspecified atom stereocenters. The van der Waals surface area contributed by atoms with Crippen LogP contribution in [0.1, 0.15) is 18.1 Å². The third kappa shape index (κ3) is 2.82. The van der Waals surface area contributed by atoms with E-state index in [1.54, 1.807) is 6.08 Å². The highest BCUT2D eigenvalue weighted by atomic mass is 16.2. The highest BCUT2D eigenvalue weighted by Crippen LogP contribution is 2.32. The molecule has 1 aliphatic rings. The third-order valence-electron chi connectivity index (χ3n) is 3.57. The molecule has 2 aromatic carbocycles. The lowest BCUT2D eigenvalue weighted by Gasteiger charge is -2.23. The number of fused-ring (bicyclic) bond motifs is 1. The molecule has 0 saturated carbocycles. The summed E-state index contributed by atoms with van der Waals surface area (Å²) in [5, 5.41) is 3.29. The van der Waals surface area contributed by atoms with Crippen LogP contribution in [-0.2, 0) is 11.3 Å². The summed E-state index contributed by atoms with van der Waals surface area (Å²) in [5.74, 6) is 0.00760. The molecule has 1 heterocycles. The Balaban J connectivity index is 2.05. The molecule has 3 heteroatoms. The van der Waals surface area contributed by atoms with Crippen LogP contribution >= 0.6 is 0 Å². The first-order valence-electron chi connectivity index (χ1n) is 7.05. The van der Waals surface area contributed by atoms with Gasteiger partial charge in [0, 0.05) is 11.8 Å². The van der Waals surface area contributed by atoms with Gasteiger partial charge in [-0.15, -0.1) is 0 Å². The normalized spacial score (nSPS) is 14.1. The largest absolute Gasteiger partial charge is 0.357 e. The molecule has 3 nitrogen and oxygen atoms in total. The number of nitrogens with zero attached hydrogens (tertiary/aromatic N) is 1. The van der Waals surface area contributed by atoms with Gasteiger partial charge in [0.15, 0.2) is 0 Å². The minimum atomic E-state index is 0.00760. The molecule has 0 fully saturated rings. The standard InChI is InChI=1S/C18H18N2O/c1-13-8-9-16-17(10-13)20(18(21)11-14(2)19-16)12-15-6-4-3-5-7-15/h3-11,19H,12H2,1-2H3. The number of carbonyl (C=O) groups is 1. The van der Waals surface area contributed by atoms with Crippen molar-refractivity contribution in [2.45, 2.75) is 20.4 Å². The van der Waals surface area contributed by atoms with Crippen molar-refractivity contribution in [2.75, 3.05) is 10.2 Å². The van der Waals surface area contributed by atoms with Crippen LogP contribution in [-0.4, -0.2) is 5.91 Å². The van der Waals surface area contributed by atoms with Crippen LogP contribution in [0.3, 0.4) is 0 Å². The molecule has 0 spiro atoms. The number of allylic oxidation sites excluding steroid dienone is 1. The second-order valence-electron chi connectivity index (χ2n) is 5.38. The average molecular weight is 278 g/mol. The first-order chi connectivity index (χ1) is 10.1. The Bertz CT molecular complexity index is 704. The van der Waals surface area contributed by atoms with E-state index in [1.807, 2.05) is 55.1 Å². The zero-order chi connectivity index (χ0) is 14.8. The Morgan fingerprint density at radius 3 is 2.57 bits per heavy atom. The van der Waals surface area contributed by atoms with Gasteiger partial charge in [0.25, 0.3) is 5.91 Å². The predicted octanol–water partition coefficient (Wildman–Crippen LogP) is 3.86. The molecule has 1 N–H and O–H groups in total. The molecule has 0 aromatic heterocycles. The topological polar surface area (TPSA) is 32.3 Å². The number of hydrogen-bond donors (Lipinski definition) is 1. The van der Waals surface area contributed by atoms with Gasteiger partial charge in [-0.1, -0.05) is 36.4 Å². The summed E-state index contributed by atoms with van der Waals surface area (Å²) >= 11 is 0. The van der Waals surface area contributed by atoms with Crippen molar-refractivity contribution in [1.82, 2.24) is 0 Å². The number of hydrogen-bond acceptors (Lipinski definition) is 2. The molecule has 0 radical (unpaired) electrons. The smallest absolute Gasteiger partial charge is 0.253 e. The molecular formula is C18H18N2O. The summed E-state index contributed by atoms with van der Waals surface area (Å²) in [6.07, 6.45) is 1.65. The van der Waals surface area contributed by atoms with Crippen LogP contribution in [0.2, 0.25) is 0 Å². The lowest BCUT2D eigenvalue weighted by Crippen LogP contribution is -2.28. The molecule has 1 aliphatic heterocycles. The lowest BCUT2D eigenvalue weighted by atomic mass is 10.1. The summed E-state index contributed by atoms with van der Waals surface area (Å²) in [7, 11) is 0. The summed E-state index contributed by atoms with van der Waals surface area (Å²) in [6, 6.07) is 16.2. The maximum Gasteiger partial charge on any atom is 0.253 e. The minimum absolute atomic E-state index is 0.00760. The number of nitrogens with one attached hydrogen (secondary N) is 1. The van der Waals surface area contributed by atoms with E-state index in [-0.39, 0.29) is 5.91 Å². The maximum atomic E-state index is 12.5. The van der Waals surface area contributed by atoms with E-state index < -0.39 is 0 Å². The van der Waals surface area contributed by atoms with E-state index >= 15 is 0 Å². The first-order valence-corrected chi connectivity index (χ1v) is 7.05. The third-order valence-corrected chi connectivity index (χ3v) is 3.57. The van der Waals surface area contributed by atoms with Crippen molar-refractivity contribution >= 4 is 17.3 Å². The van der Waals surface area contributed by atoms with Crippen molar-refractivity contribution < 1.29 is 4.79 Å². The van der Waals surface area contributed by atoms with Crippen molar-refractivity contribution in [3.05, 3.63) is 71.4 Å². The molecule has 0 aliphatic carbocycles. The fourth-order valence-corrected chi connectivity index (χ4v) is 2.53. The van der Waals surface area contributed by atoms with Gasteiger partial charge in [0.05, 0.1) is 17.9 Å². The minimum Gasteiger partial charge on any atom is -0.357 e. The number of rotatable bonds is 2. The molecular weight excluding hydrogens is 260 g/mol. The molecule has 21 heavy (non-hydrogen) atoms. The van der Waals surface area contributed by atoms with Gasteiger partial charge in [-0.25, -0.2) is 0 Å². The van der Waals surface area contributed by atoms with Crippen molar-refractivity contribution in [1.29, 1.82) is 0 Å². The van der Waals surface area contributed by atoms with Crippen LogP contribution in [0.5, 0.6) is 0 Å². The van der Waals surface area contributed by atoms with E-state index in [0.717, 1.165) is 28.2 Å². The Labute approximate surface area is 124 Å². The SMILES string of the molecule is CC1=CC(=O)N(Cc2ccccc2)c2cc(C)ccc2N1. The van der Waals surface area contributed by atoms with Gasteiger partial charge >= 0.3 is 0 Å². The zero-order valence-electron chi connectivity index (χ0n) is 12.3. The van der Waals surface area contributed by atoms with E-state index in [0.29, 0.717) is 6.54 Å². The second kappa shape index (κ2) is 5.44. The van der Waals surface area contributed by atoms with Gasteiger partial charge in [-0.2, -0.15) is 0 Å². The highest BCUT2D eigenvalue weighted by molar-refractivity contribution is 6.05. The van der Waals surface area contributed by atoms with Gasteiger partial charge in [0.1, 0.15) is 0 Å². The van der Waals surface area contributed by atoms with Gasteiger partial charge in [-0.05, 0) is 37.1 Å². The van der Waals surface area contributed by atoms with E-state index in [4.69, 9.17) is 0 Å². The number of benzene rings is 2. The van der Waals surface area contributed by atoms with Crippen LogP contribution in [0.15, 0.2) is 60.3 Å². The van der Waals surface area contributed by atoms with Gasteiger partial charge < -0.3 is 10.2 Å². The molecule has 3 rings (SSSR count). The fourth-order valence-electron chi connectivity index (χ4n) is 2.53. The van der Waals surface area contributed by atoms with Crippen molar-refractivity contribution in [3.8, 4) is 0 Å². The average Bonchev–Trinajstić information content (AvgIpc) is 2.58. The van der Waals surface area contributed by atoms with Gasteiger partial charge in [0.2, 0.25) is 0 Å². The summed E-state index contributed by atoms with van der Waals surface area (Å²) < 4.78 is 0. The Morgan fingerprint density at radius 2 is 1.81 bits per heavy atom. The maximum absolute atomic E-state index is 12.5. The number of amides is 1. The molecule has 0 saturated heterocycles. The Kier molecular flexibility index (Phi) is 3.48. The van der Waals surface area contributed by atoms with Crippen LogP contribution < -0.4 is 10.2 Å². The number of aryl methyl sites for hydroxylation is 1. The summed E-state index contributed by atoms with van der Waals surface area (Å²) in [5.41, 5.74) is 5.01. The van der Waals surface area contributed by atoms with Crippen LogP contribution in [0.25, 0.3) is 0 Å². The zero-order valence-corrected chi connectivity index (χ0v) is 12.3. The van der Waals surface area contributed by atoms with Gasteiger partial charge in [-0.3, -0.25) is 4.79 Å². The van der Waals surface area contributed by atoms with E-state index in [9.17, 15) is 4.79 Å². The highest BCUT2D eigenvalue weighted by Gasteiger charge is 2.21. The Hall–Kier alpha value is -2.55. The monoisotopic (exact) mass is 278 g/mol. The second-order valence-corrected chi connectivity index (χ2v) is 5.38. The first kappa shape index (κ1) is 13.4. The molecule has 0 bridgehead atoms. The van der Waals surface area contributed by atoms with Crippen molar-refractivity contribution in [2.24, 2.45) is 0 Å². The fraction of sp³-hybridized carbons (Fsp3) is 0.167. The molecule has 2 aromatic rings. The molecule has 1 amide bonds. The quantitative estimate of drug-likeness (QED) is 0.904. The van der Waals surface area contributed by atoms with Crippen LogP contribution in [0, 0.1) is 6.92 Å². The summed E-state index contributed by atoms with van der Waals surface area (Å²) in [6.45, 7) is 4.52.